The second-order valence-electron chi connectivity index (χ2n) is 8.75. The molecule has 2 atom stereocenters. The maximum absolute atomic E-state index is 9.00. The monoisotopic (exact) mass is 541 g/mol. The Bertz CT molecular complexity index is 892. The van der Waals surface area contributed by atoms with E-state index in [2.05, 4.69) is 50.4 Å². The fourth-order valence-electron chi connectivity index (χ4n) is 3.63. The van der Waals surface area contributed by atoms with Crippen LogP contribution in [0.1, 0.15) is 33.6 Å². The quantitative estimate of drug-likeness (QED) is 0.0789. The molecule has 0 amide bonds. The van der Waals surface area contributed by atoms with Crippen LogP contribution >= 0.6 is 9.24 Å². The first-order valence-electron chi connectivity index (χ1n) is 11.8. The Kier molecular flexibility index (Phi) is 14.5. The van der Waals surface area contributed by atoms with E-state index in [1.54, 1.807) is 0 Å². The highest BCUT2D eigenvalue weighted by Crippen LogP contribution is 2.20. The summed E-state index contributed by atoms with van der Waals surface area (Å²) >= 11 is 0. The van der Waals surface area contributed by atoms with E-state index in [9.17, 15) is 0 Å². The zero-order valence-corrected chi connectivity index (χ0v) is 23.0. The molecule has 0 aromatic heterocycles. The number of anilines is 1. The van der Waals surface area contributed by atoms with Crippen molar-refractivity contribution < 1.29 is 29.4 Å². The first-order valence-corrected chi connectivity index (χ1v) is 12.4. The highest BCUT2D eigenvalue weighted by molar-refractivity contribution is 7.28. The van der Waals surface area contributed by atoms with Crippen LogP contribution in [0.4, 0.5) is 5.69 Å². The third-order valence-corrected chi connectivity index (χ3v) is 6.10. The van der Waals surface area contributed by atoms with Crippen LogP contribution < -0.4 is 26.4 Å². The number of amidine groups is 1. The number of piperidine rings is 1. The number of carbonyl (C=O) groups is 2. The Morgan fingerprint density at radius 2 is 2.03 bits per heavy atom. The van der Waals surface area contributed by atoms with Crippen LogP contribution in [0, 0.1) is 11.3 Å². The van der Waals surface area contributed by atoms with E-state index >= 15 is 0 Å². The van der Waals surface area contributed by atoms with Crippen LogP contribution in [0.15, 0.2) is 23.2 Å². The van der Waals surface area contributed by atoms with Gasteiger partial charge in [0.2, 0.25) is 0 Å². The Morgan fingerprint density at radius 3 is 2.51 bits per heavy atom. The Balaban J connectivity index is 0.000000873. The van der Waals surface area contributed by atoms with Crippen LogP contribution in [0.25, 0.3) is 0 Å². The number of hydrazine groups is 1. The lowest BCUT2D eigenvalue weighted by atomic mass is 10.0. The molecule has 208 valence electrons. The average molecular weight is 542 g/mol. The van der Waals surface area contributed by atoms with E-state index in [0.29, 0.717) is 18.6 Å². The number of nitrogens with two attached hydrogens (primary N) is 1. The minimum Gasteiger partial charge on any atom is -0.492 e. The topological polar surface area (TPSA) is 177 Å². The molecule has 0 saturated carbocycles. The number of aliphatic carboxylic acids is 1. The van der Waals surface area contributed by atoms with E-state index in [-0.39, 0.29) is 12.6 Å². The third-order valence-electron chi connectivity index (χ3n) is 5.64. The van der Waals surface area contributed by atoms with Crippen molar-refractivity contribution in [3.05, 3.63) is 18.2 Å². The van der Waals surface area contributed by atoms with E-state index < -0.39 is 5.97 Å². The fourth-order valence-corrected chi connectivity index (χ4v) is 4.04. The van der Waals surface area contributed by atoms with Gasteiger partial charge in [-0.25, -0.2) is 10.8 Å². The van der Waals surface area contributed by atoms with Gasteiger partial charge in [0.05, 0.1) is 5.69 Å². The molecule has 2 aliphatic heterocycles. The molecular formula is C23H40N7O6P. The third kappa shape index (κ3) is 11.3. The zero-order valence-electron chi connectivity index (χ0n) is 21.8. The molecule has 2 aliphatic rings. The van der Waals surface area contributed by atoms with Gasteiger partial charge in [0, 0.05) is 32.6 Å². The highest BCUT2D eigenvalue weighted by atomic mass is 31.0. The first-order chi connectivity index (χ1) is 17.5. The molecular weight excluding hydrogens is 501 g/mol. The van der Waals surface area contributed by atoms with Crippen molar-refractivity contribution in [3.8, 4) is 5.75 Å². The number of carboxylic acids is 1. The number of hydrogen-bond acceptors (Lipinski definition) is 10. The molecule has 0 radical (unpaired) electrons. The summed E-state index contributed by atoms with van der Waals surface area (Å²) in [4.78, 5) is 32.2. The summed E-state index contributed by atoms with van der Waals surface area (Å²) in [7, 11) is 4.79. The predicted molar refractivity (Wildman–Crippen MR) is 146 cm³/mol. The summed E-state index contributed by atoms with van der Waals surface area (Å²) in [6.07, 6.45) is 3.28. The molecule has 37 heavy (non-hydrogen) atoms. The first kappa shape index (κ1) is 32.0. The number of hydrogen-bond donors (Lipinski definition) is 5. The summed E-state index contributed by atoms with van der Waals surface area (Å²) in [5.74, 6) is 6.12. The van der Waals surface area contributed by atoms with Crippen molar-refractivity contribution in [2.75, 3.05) is 38.3 Å². The number of nitrogens with one attached hydrogen (secondary N) is 2. The molecule has 14 heteroatoms. The number of likely N-dealkylation sites (N-methyl/N-ethyl adjacent to an activating group) is 1. The summed E-state index contributed by atoms with van der Waals surface area (Å²) < 4.78 is 5.92. The lowest BCUT2D eigenvalue weighted by Crippen LogP contribution is -2.46. The van der Waals surface area contributed by atoms with Gasteiger partial charge in [-0.3, -0.25) is 24.9 Å². The molecule has 0 bridgehead atoms. The van der Waals surface area contributed by atoms with Crippen LogP contribution in [0.3, 0.4) is 0 Å². The summed E-state index contributed by atoms with van der Waals surface area (Å²) in [6.45, 7) is 8.47. The Hall–Kier alpha value is -2.99. The highest BCUT2D eigenvalue weighted by Gasteiger charge is 2.29. The summed E-state index contributed by atoms with van der Waals surface area (Å²) in [5, 5.41) is 23.7. The normalized spacial score (nSPS) is 17.0. The van der Waals surface area contributed by atoms with E-state index in [1.165, 1.54) is 5.01 Å². The van der Waals surface area contributed by atoms with Crippen molar-refractivity contribution in [1.82, 2.24) is 15.3 Å². The van der Waals surface area contributed by atoms with Gasteiger partial charge in [-0.2, -0.15) is 0 Å². The van der Waals surface area contributed by atoms with Gasteiger partial charge in [0.25, 0.3) is 12.4 Å². The maximum Gasteiger partial charge on any atom is 0.309 e. The van der Waals surface area contributed by atoms with E-state index in [4.69, 9.17) is 40.6 Å². The standard InChI is InChI=1S/C20H34N7O2P.C2H4O2.CH2O2/c1-14(2)19-23-20(29-24-19)26-8-6-15(7-9-26)25(3)10-11-28-16-4-5-17(18(30)12-16)27(22)13-21;1-2(3)4;2-1-3/h4-5,12-15,19,21,24H,6-11,22,30H2,1-3H3;1H3,(H,3,4);1H,(H,2,3). The molecule has 0 spiro atoms. The second-order valence-corrected chi connectivity index (χ2v) is 9.37. The van der Waals surface area contributed by atoms with Crippen molar-refractivity contribution >= 4 is 45.0 Å². The SMILES string of the molecule is CC(=O)O.CC(C)C1N=C(N2CCC(N(C)CCOc3ccc(N(N)C=N)c(P)c3)CC2)ON1.O=CO. The minimum atomic E-state index is -0.833. The molecule has 2 unspecified atom stereocenters. The number of benzene rings is 1. The lowest BCUT2D eigenvalue weighted by Gasteiger charge is -2.36. The number of likely N-dealkylation sites (tertiary alicyclic amines) is 1. The van der Waals surface area contributed by atoms with Gasteiger partial charge in [-0.1, -0.05) is 13.8 Å². The molecule has 1 aromatic rings. The van der Waals surface area contributed by atoms with Gasteiger partial charge >= 0.3 is 6.02 Å². The van der Waals surface area contributed by atoms with Crippen molar-refractivity contribution in [3.63, 3.8) is 0 Å². The lowest BCUT2D eigenvalue weighted by molar-refractivity contribution is -0.134. The fraction of sp³-hybridized carbons (Fsp3) is 0.565. The van der Waals surface area contributed by atoms with Crippen molar-refractivity contribution in [2.24, 2.45) is 16.8 Å². The number of hydroxylamine groups is 1. The van der Waals surface area contributed by atoms with Crippen LogP contribution in [-0.4, -0.2) is 90.3 Å². The maximum atomic E-state index is 9.00. The van der Waals surface area contributed by atoms with Crippen LogP contribution in [0.5, 0.6) is 5.75 Å². The molecule has 6 N–H and O–H groups in total. The molecule has 3 rings (SSSR count). The average Bonchev–Trinajstić information content (AvgIpc) is 3.35. The predicted octanol–water partition coefficient (Wildman–Crippen LogP) is 0.914. The molecule has 1 aromatic carbocycles. The van der Waals surface area contributed by atoms with Crippen LogP contribution in [0.2, 0.25) is 0 Å². The molecule has 1 fully saturated rings. The number of carboxylic acid groups (broad SMARTS) is 2. The summed E-state index contributed by atoms with van der Waals surface area (Å²) in [5.41, 5.74) is 3.76. The summed E-state index contributed by atoms with van der Waals surface area (Å²) in [6, 6.07) is 6.91. The zero-order chi connectivity index (χ0) is 28.0. The molecule has 2 heterocycles. The number of nitrogens with zero attached hydrogens (tertiary/aromatic N) is 4. The van der Waals surface area contributed by atoms with Crippen molar-refractivity contribution in [2.45, 2.75) is 45.8 Å². The minimum absolute atomic E-state index is 0.0478. The number of ether oxygens (including phenoxy) is 1. The molecule has 0 aliphatic carbocycles. The molecule has 1 saturated heterocycles. The van der Waals surface area contributed by atoms with E-state index in [0.717, 1.165) is 68.5 Å². The largest absolute Gasteiger partial charge is 0.492 e. The number of aliphatic imine (C=N–C) groups is 1. The van der Waals surface area contributed by atoms with Gasteiger partial charge in [0.15, 0.2) is 0 Å². The Morgan fingerprint density at radius 1 is 1.43 bits per heavy atom. The second kappa shape index (κ2) is 16.7. The van der Waals surface area contributed by atoms with Crippen molar-refractivity contribution in [1.29, 1.82) is 5.41 Å². The van der Waals surface area contributed by atoms with Gasteiger partial charge < -0.3 is 24.7 Å². The smallest absolute Gasteiger partial charge is 0.309 e. The van der Waals surface area contributed by atoms with E-state index in [1.807, 2.05) is 18.2 Å². The van der Waals surface area contributed by atoms with Gasteiger partial charge in [-0.15, -0.1) is 14.7 Å². The molecule has 13 nitrogen and oxygen atoms in total. The van der Waals surface area contributed by atoms with Gasteiger partial charge in [-0.05, 0) is 49.3 Å². The Labute approximate surface area is 220 Å². The van der Waals surface area contributed by atoms with Gasteiger partial charge in [0.1, 0.15) is 24.9 Å². The number of rotatable bonds is 8. The van der Waals surface area contributed by atoms with Crippen LogP contribution in [-0.2, 0) is 14.4 Å².